The van der Waals surface area contributed by atoms with Crippen LogP contribution in [0.4, 0.5) is 5.82 Å². The topological polar surface area (TPSA) is 97.3 Å². The van der Waals surface area contributed by atoms with Gasteiger partial charge in [-0.05, 0) is 53.7 Å². The van der Waals surface area contributed by atoms with E-state index in [9.17, 15) is 9.59 Å². The van der Waals surface area contributed by atoms with Gasteiger partial charge in [0.15, 0.2) is 0 Å². The number of likely N-dealkylation sites (tertiary alicyclic amines) is 1. The van der Waals surface area contributed by atoms with Crippen molar-refractivity contribution in [3.63, 3.8) is 0 Å². The highest BCUT2D eigenvalue weighted by Gasteiger charge is 2.38. The summed E-state index contributed by atoms with van der Waals surface area (Å²) in [6, 6.07) is 5.10. The minimum Gasteiger partial charge on any atom is -0.495 e. The molecule has 1 saturated heterocycles. The fraction of sp³-hybridized carbons (Fsp3) is 0.240. The zero-order valence-electron chi connectivity index (χ0n) is 18.5. The maximum Gasteiger partial charge on any atom is 0.258 e. The quantitative estimate of drug-likeness (QED) is 0.548. The number of nitrogens with one attached hydrogen (secondary N) is 1. The van der Waals surface area contributed by atoms with Gasteiger partial charge in [0.25, 0.3) is 5.91 Å². The first-order chi connectivity index (χ1) is 16.6. The van der Waals surface area contributed by atoms with Crippen LogP contribution in [0.15, 0.2) is 60.5 Å². The van der Waals surface area contributed by atoms with E-state index >= 15 is 0 Å². The molecule has 5 rings (SSSR count). The number of carbonyl (C=O) groups excluding carboxylic acids is 2. The zero-order valence-corrected chi connectivity index (χ0v) is 19.4. The summed E-state index contributed by atoms with van der Waals surface area (Å²) in [5, 5.41) is 5.82. The Labute approximate surface area is 201 Å². The molecule has 0 aromatic carbocycles. The summed E-state index contributed by atoms with van der Waals surface area (Å²) in [5.41, 5.74) is 2.47. The molecule has 4 heterocycles. The summed E-state index contributed by atoms with van der Waals surface area (Å²) in [6.45, 7) is 1.51. The van der Waals surface area contributed by atoms with Crippen LogP contribution in [0.25, 0.3) is 11.6 Å². The van der Waals surface area contributed by atoms with Crippen molar-refractivity contribution in [2.45, 2.75) is 6.42 Å². The van der Waals surface area contributed by atoms with Crippen LogP contribution in [0.2, 0.25) is 0 Å². The summed E-state index contributed by atoms with van der Waals surface area (Å²) in [6.07, 6.45) is 13.1. The molecule has 172 valence electrons. The van der Waals surface area contributed by atoms with E-state index in [0.717, 1.165) is 30.1 Å². The SMILES string of the molecule is COc1cncc(C(=O)Nc2ccc(/C=C/C(=O)N3CC4C=C(c5nccs5)CC4C3)cn2)c1. The van der Waals surface area contributed by atoms with Crippen LogP contribution in [0.5, 0.6) is 5.75 Å². The molecule has 34 heavy (non-hydrogen) atoms. The van der Waals surface area contributed by atoms with Crippen molar-refractivity contribution in [2.24, 2.45) is 11.8 Å². The number of methoxy groups -OCH3 is 1. The molecule has 0 spiro atoms. The van der Waals surface area contributed by atoms with E-state index in [1.807, 2.05) is 16.5 Å². The van der Waals surface area contributed by atoms with Gasteiger partial charge in [-0.1, -0.05) is 6.08 Å². The molecule has 0 saturated carbocycles. The average molecular weight is 474 g/mol. The maximum atomic E-state index is 12.7. The summed E-state index contributed by atoms with van der Waals surface area (Å²) in [4.78, 5) is 39.6. The molecule has 1 fully saturated rings. The summed E-state index contributed by atoms with van der Waals surface area (Å²) in [5.74, 6) is 1.46. The first-order valence-electron chi connectivity index (χ1n) is 10.9. The molecule has 3 aromatic heterocycles. The molecule has 3 aromatic rings. The minimum atomic E-state index is -0.330. The van der Waals surface area contributed by atoms with Gasteiger partial charge in [-0.2, -0.15) is 0 Å². The minimum absolute atomic E-state index is 0.00139. The van der Waals surface area contributed by atoms with E-state index in [-0.39, 0.29) is 11.8 Å². The van der Waals surface area contributed by atoms with E-state index in [1.54, 1.807) is 47.9 Å². The molecule has 9 heteroatoms. The van der Waals surface area contributed by atoms with E-state index in [2.05, 4.69) is 26.3 Å². The fourth-order valence-electron chi connectivity index (χ4n) is 4.32. The monoisotopic (exact) mass is 473 g/mol. The summed E-state index contributed by atoms with van der Waals surface area (Å²) < 4.78 is 5.09. The van der Waals surface area contributed by atoms with Crippen molar-refractivity contribution in [2.75, 3.05) is 25.5 Å². The third-order valence-electron chi connectivity index (χ3n) is 6.07. The zero-order chi connectivity index (χ0) is 23.5. The van der Waals surface area contributed by atoms with Crippen LogP contribution in [0.1, 0.15) is 27.3 Å². The van der Waals surface area contributed by atoms with Gasteiger partial charge in [0.05, 0.1) is 18.9 Å². The highest BCUT2D eigenvalue weighted by atomic mass is 32.1. The Kier molecular flexibility index (Phi) is 6.18. The Morgan fingerprint density at radius 3 is 2.85 bits per heavy atom. The van der Waals surface area contributed by atoms with Gasteiger partial charge in [-0.15, -0.1) is 11.3 Å². The molecule has 8 nitrogen and oxygen atoms in total. The van der Waals surface area contributed by atoms with Gasteiger partial charge in [0.1, 0.15) is 16.6 Å². The van der Waals surface area contributed by atoms with E-state index < -0.39 is 0 Å². The first-order valence-corrected chi connectivity index (χ1v) is 11.8. The lowest BCUT2D eigenvalue weighted by Crippen LogP contribution is -2.27. The average Bonchev–Trinajstić information content (AvgIpc) is 3.60. The molecule has 2 atom stereocenters. The van der Waals surface area contributed by atoms with Crippen molar-refractivity contribution in [1.29, 1.82) is 0 Å². The van der Waals surface area contributed by atoms with Gasteiger partial charge < -0.3 is 15.0 Å². The fourth-order valence-corrected chi connectivity index (χ4v) is 5.00. The molecular formula is C25H23N5O3S. The van der Waals surface area contributed by atoms with Crippen LogP contribution < -0.4 is 10.1 Å². The van der Waals surface area contributed by atoms with Crippen molar-refractivity contribution in [3.8, 4) is 5.75 Å². The third kappa shape index (κ3) is 4.74. The van der Waals surface area contributed by atoms with Gasteiger partial charge in [0.2, 0.25) is 5.91 Å². The van der Waals surface area contributed by atoms with E-state index in [4.69, 9.17) is 4.74 Å². The molecule has 1 aliphatic carbocycles. The van der Waals surface area contributed by atoms with Gasteiger partial charge >= 0.3 is 0 Å². The van der Waals surface area contributed by atoms with Crippen LogP contribution >= 0.6 is 11.3 Å². The lowest BCUT2D eigenvalue weighted by atomic mass is 10.00. The second-order valence-electron chi connectivity index (χ2n) is 8.28. The van der Waals surface area contributed by atoms with Crippen LogP contribution in [0.3, 0.4) is 0 Å². The lowest BCUT2D eigenvalue weighted by molar-refractivity contribution is -0.125. The van der Waals surface area contributed by atoms with Gasteiger partial charge in [0, 0.05) is 43.1 Å². The number of allylic oxidation sites excluding steroid dienone is 1. The van der Waals surface area contributed by atoms with Crippen molar-refractivity contribution in [3.05, 3.63) is 76.7 Å². The summed E-state index contributed by atoms with van der Waals surface area (Å²) >= 11 is 1.67. The largest absolute Gasteiger partial charge is 0.495 e. The number of amides is 2. The predicted octanol–water partition coefficient (Wildman–Crippen LogP) is 3.77. The Morgan fingerprint density at radius 1 is 1.21 bits per heavy atom. The number of fused-ring (bicyclic) bond motifs is 1. The highest BCUT2D eigenvalue weighted by Crippen LogP contribution is 2.41. The molecule has 0 bridgehead atoms. The molecule has 2 amide bonds. The number of hydrogen-bond acceptors (Lipinski definition) is 7. The predicted molar refractivity (Wildman–Crippen MR) is 130 cm³/mol. The smallest absolute Gasteiger partial charge is 0.258 e. The number of carbonyl (C=O) groups is 2. The van der Waals surface area contributed by atoms with Crippen molar-refractivity contribution < 1.29 is 14.3 Å². The molecular weight excluding hydrogens is 450 g/mol. The number of aromatic nitrogens is 3. The standard InChI is InChI=1S/C25H23N5O3S/c1-33-21-10-18(12-26-13-21)24(32)29-22-4-2-16(11-28-22)3-5-23(31)30-14-19-8-17(9-20(19)15-30)25-27-6-7-34-25/h2-8,10-13,19-20H,9,14-15H2,1H3,(H,28,29,32)/b5-3+. The molecule has 1 aliphatic heterocycles. The molecule has 0 radical (unpaired) electrons. The number of thiazole rings is 1. The second-order valence-corrected chi connectivity index (χ2v) is 9.17. The Morgan fingerprint density at radius 2 is 2.12 bits per heavy atom. The van der Waals surface area contributed by atoms with Crippen molar-refractivity contribution in [1.82, 2.24) is 19.9 Å². The number of pyridine rings is 2. The second kappa shape index (κ2) is 9.56. The van der Waals surface area contributed by atoms with Crippen LogP contribution in [-0.2, 0) is 4.79 Å². The van der Waals surface area contributed by atoms with Gasteiger partial charge in [-0.25, -0.2) is 9.97 Å². The van der Waals surface area contributed by atoms with Crippen LogP contribution in [0, 0.1) is 11.8 Å². The number of nitrogens with zero attached hydrogens (tertiary/aromatic N) is 4. The number of hydrogen-bond donors (Lipinski definition) is 1. The van der Waals surface area contributed by atoms with Gasteiger partial charge in [-0.3, -0.25) is 14.6 Å². The van der Waals surface area contributed by atoms with E-state index in [0.29, 0.717) is 29.0 Å². The maximum absolute atomic E-state index is 12.7. The Bertz CT molecular complexity index is 1250. The lowest BCUT2D eigenvalue weighted by Gasteiger charge is -2.14. The molecule has 2 aliphatic rings. The number of ether oxygens (including phenoxy) is 1. The normalized spacial score (nSPS) is 19.2. The first kappa shape index (κ1) is 22.0. The molecule has 2 unspecified atom stereocenters. The molecule has 1 N–H and O–H groups in total. The van der Waals surface area contributed by atoms with E-state index in [1.165, 1.54) is 25.1 Å². The van der Waals surface area contributed by atoms with Crippen LogP contribution in [-0.4, -0.2) is 51.9 Å². The summed E-state index contributed by atoms with van der Waals surface area (Å²) in [7, 11) is 1.52. The van der Waals surface area contributed by atoms with Crippen molar-refractivity contribution >= 4 is 40.6 Å². The Balaban J connectivity index is 1.15. The highest BCUT2D eigenvalue weighted by molar-refractivity contribution is 7.10. The number of rotatable bonds is 6. The third-order valence-corrected chi connectivity index (χ3v) is 6.91. The number of anilines is 1. The Hall–Kier alpha value is -3.85.